The van der Waals surface area contributed by atoms with Gasteiger partial charge in [-0.25, -0.2) is 0 Å². The topological polar surface area (TPSA) is 41.6 Å². The molecule has 2 aliphatic rings. The predicted molar refractivity (Wildman–Crippen MR) is 85.2 cm³/mol. The van der Waals surface area contributed by atoms with E-state index in [-0.39, 0.29) is 5.97 Å². The second-order valence-electron chi connectivity index (χ2n) is 7.00. The van der Waals surface area contributed by atoms with Crippen LogP contribution in [-0.2, 0) is 9.53 Å². The number of hydrogen-bond acceptors (Lipinski definition) is 4. The van der Waals surface area contributed by atoms with Crippen LogP contribution in [0.2, 0.25) is 0 Å². The highest BCUT2D eigenvalue weighted by Crippen LogP contribution is 2.39. The van der Waals surface area contributed by atoms with E-state index >= 15 is 0 Å². The third-order valence-corrected chi connectivity index (χ3v) is 5.58. The van der Waals surface area contributed by atoms with Gasteiger partial charge in [-0.1, -0.05) is 13.3 Å². The minimum absolute atomic E-state index is 0.0437. The van der Waals surface area contributed by atoms with Gasteiger partial charge in [0.1, 0.15) is 5.54 Å². The van der Waals surface area contributed by atoms with E-state index in [0.29, 0.717) is 18.6 Å². The largest absolute Gasteiger partial charge is 0.465 e. The van der Waals surface area contributed by atoms with Gasteiger partial charge in [0.05, 0.1) is 6.61 Å². The van der Waals surface area contributed by atoms with Crippen LogP contribution in [0.4, 0.5) is 0 Å². The number of likely N-dealkylation sites (tertiary alicyclic amines) is 1. The zero-order chi connectivity index (χ0) is 15.5. The molecule has 4 atom stereocenters. The van der Waals surface area contributed by atoms with E-state index in [4.69, 9.17) is 4.74 Å². The maximum atomic E-state index is 12.4. The molecule has 1 saturated carbocycles. The molecule has 0 bridgehead atoms. The second kappa shape index (κ2) is 7.10. The smallest absolute Gasteiger partial charge is 0.326 e. The highest BCUT2D eigenvalue weighted by atomic mass is 16.5. The van der Waals surface area contributed by atoms with Crippen LogP contribution in [-0.4, -0.2) is 49.2 Å². The normalized spacial score (nSPS) is 37.0. The molecule has 21 heavy (non-hydrogen) atoms. The fraction of sp³-hybridized carbons (Fsp3) is 0.941. The van der Waals surface area contributed by atoms with Crippen LogP contribution in [0, 0.1) is 11.8 Å². The molecule has 0 amide bonds. The maximum Gasteiger partial charge on any atom is 0.326 e. The van der Waals surface area contributed by atoms with Crippen molar-refractivity contribution >= 4 is 5.97 Å². The number of likely N-dealkylation sites (N-methyl/N-ethyl adjacent to an activating group) is 1. The van der Waals surface area contributed by atoms with Crippen molar-refractivity contribution in [3.63, 3.8) is 0 Å². The van der Waals surface area contributed by atoms with E-state index in [2.05, 4.69) is 24.1 Å². The molecular weight excluding hydrogens is 264 g/mol. The summed E-state index contributed by atoms with van der Waals surface area (Å²) in [4.78, 5) is 15.0. The van der Waals surface area contributed by atoms with E-state index in [9.17, 15) is 4.79 Å². The molecule has 1 heterocycles. The Morgan fingerprint density at radius 3 is 2.76 bits per heavy atom. The van der Waals surface area contributed by atoms with Gasteiger partial charge in [0, 0.05) is 12.6 Å². The van der Waals surface area contributed by atoms with E-state index in [0.717, 1.165) is 38.1 Å². The first kappa shape index (κ1) is 16.8. The molecule has 2 rings (SSSR count). The summed E-state index contributed by atoms with van der Waals surface area (Å²) in [6.07, 6.45) is 5.57. The van der Waals surface area contributed by atoms with Crippen molar-refractivity contribution < 1.29 is 9.53 Å². The van der Waals surface area contributed by atoms with Crippen LogP contribution in [0.15, 0.2) is 0 Å². The van der Waals surface area contributed by atoms with E-state index in [1.165, 1.54) is 13.0 Å². The molecule has 1 N–H and O–H groups in total. The van der Waals surface area contributed by atoms with Crippen molar-refractivity contribution in [3.8, 4) is 0 Å². The fourth-order valence-electron chi connectivity index (χ4n) is 4.45. The number of carbonyl (C=O) groups excluding carboxylic acids is 1. The Bertz CT molecular complexity index is 361. The van der Waals surface area contributed by atoms with Gasteiger partial charge in [-0.15, -0.1) is 0 Å². The number of esters is 1. The van der Waals surface area contributed by atoms with Gasteiger partial charge in [-0.05, 0) is 65.0 Å². The summed E-state index contributed by atoms with van der Waals surface area (Å²) in [6, 6.07) is 0.688. The molecule has 4 heteroatoms. The number of rotatable bonds is 6. The monoisotopic (exact) mass is 296 g/mol. The average Bonchev–Trinajstić information content (AvgIpc) is 3.00. The molecule has 4 unspecified atom stereocenters. The minimum atomic E-state index is -0.440. The van der Waals surface area contributed by atoms with Crippen LogP contribution in [0.1, 0.15) is 52.9 Å². The van der Waals surface area contributed by atoms with Gasteiger partial charge in [0.25, 0.3) is 0 Å². The van der Waals surface area contributed by atoms with Crippen molar-refractivity contribution in [2.24, 2.45) is 11.8 Å². The van der Waals surface area contributed by atoms with Crippen LogP contribution in [0.5, 0.6) is 0 Å². The zero-order valence-electron chi connectivity index (χ0n) is 14.2. The summed E-state index contributed by atoms with van der Waals surface area (Å²) in [5.74, 6) is 1.17. The number of carbonyl (C=O) groups is 1. The van der Waals surface area contributed by atoms with Crippen LogP contribution in [0.3, 0.4) is 0 Å². The molecule has 0 aromatic carbocycles. The van der Waals surface area contributed by atoms with Crippen molar-refractivity contribution in [3.05, 3.63) is 0 Å². The lowest BCUT2D eigenvalue weighted by molar-refractivity contribution is -0.153. The molecular formula is C17H32N2O2. The highest BCUT2D eigenvalue weighted by Gasteiger charge is 2.48. The molecule has 1 saturated heterocycles. The lowest BCUT2D eigenvalue weighted by atomic mass is 9.84. The van der Waals surface area contributed by atoms with Crippen LogP contribution in [0.25, 0.3) is 0 Å². The van der Waals surface area contributed by atoms with Gasteiger partial charge in [0.2, 0.25) is 0 Å². The molecule has 0 aromatic heterocycles. The Morgan fingerprint density at radius 1 is 1.43 bits per heavy atom. The Kier molecular flexibility index (Phi) is 5.67. The summed E-state index contributed by atoms with van der Waals surface area (Å²) in [5, 5.41) is 3.31. The Balaban J connectivity index is 1.96. The average molecular weight is 296 g/mol. The summed E-state index contributed by atoms with van der Waals surface area (Å²) in [7, 11) is 1.91. The third-order valence-electron chi connectivity index (χ3n) is 5.58. The number of hydrogen-bond donors (Lipinski definition) is 1. The molecule has 0 radical (unpaired) electrons. The SMILES string of the molecule is CCOC(=O)C1(NC)CCCC1CCN1CC(C)CC1C. The molecule has 0 aromatic rings. The summed E-state index contributed by atoms with van der Waals surface area (Å²) < 4.78 is 5.35. The first-order valence-electron chi connectivity index (χ1n) is 8.63. The van der Waals surface area contributed by atoms with Crippen LogP contribution < -0.4 is 5.32 Å². The standard InChI is InChI=1S/C17H32N2O2/c1-5-21-16(20)17(18-4)9-6-7-15(17)8-10-19-12-13(2)11-14(19)3/h13-15,18H,5-12H2,1-4H3. The number of nitrogens with one attached hydrogen (secondary N) is 1. The van der Waals surface area contributed by atoms with Crippen LogP contribution >= 0.6 is 0 Å². The molecule has 0 spiro atoms. The molecule has 2 fully saturated rings. The van der Waals surface area contributed by atoms with Gasteiger partial charge in [-0.3, -0.25) is 4.79 Å². The van der Waals surface area contributed by atoms with Gasteiger partial charge >= 0.3 is 5.97 Å². The Labute approximate surface area is 129 Å². The molecule has 122 valence electrons. The van der Waals surface area contributed by atoms with Gasteiger partial charge in [0.15, 0.2) is 0 Å². The van der Waals surface area contributed by atoms with Gasteiger partial charge < -0.3 is 15.0 Å². The van der Waals surface area contributed by atoms with Crippen molar-refractivity contribution in [1.29, 1.82) is 0 Å². The molecule has 4 nitrogen and oxygen atoms in total. The highest BCUT2D eigenvalue weighted by molar-refractivity contribution is 5.81. The zero-order valence-corrected chi connectivity index (χ0v) is 14.2. The van der Waals surface area contributed by atoms with Crippen molar-refractivity contribution in [2.45, 2.75) is 64.5 Å². The Morgan fingerprint density at radius 2 is 2.19 bits per heavy atom. The summed E-state index contributed by atoms with van der Waals surface area (Å²) in [6.45, 7) is 9.34. The summed E-state index contributed by atoms with van der Waals surface area (Å²) in [5.41, 5.74) is -0.440. The Hall–Kier alpha value is -0.610. The summed E-state index contributed by atoms with van der Waals surface area (Å²) >= 11 is 0. The predicted octanol–water partition coefficient (Wildman–Crippen LogP) is 2.43. The van der Waals surface area contributed by atoms with E-state index < -0.39 is 5.54 Å². The quantitative estimate of drug-likeness (QED) is 0.764. The maximum absolute atomic E-state index is 12.4. The number of ether oxygens (including phenoxy) is 1. The lowest BCUT2D eigenvalue weighted by Crippen LogP contribution is -2.54. The third kappa shape index (κ3) is 3.42. The molecule has 1 aliphatic heterocycles. The first-order valence-corrected chi connectivity index (χ1v) is 8.63. The van der Waals surface area contributed by atoms with E-state index in [1.54, 1.807) is 0 Å². The van der Waals surface area contributed by atoms with E-state index in [1.807, 2.05) is 14.0 Å². The van der Waals surface area contributed by atoms with Crippen molar-refractivity contribution in [1.82, 2.24) is 10.2 Å². The second-order valence-corrected chi connectivity index (χ2v) is 7.00. The number of nitrogens with zero attached hydrogens (tertiary/aromatic N) is 1. The lowest BCUT2D eigenvalue weighted by Gasteiger charge is -2.34. The fourth-order valence-corrected chi connectivity index (χ4v) is 4.45. The molecule has 1 aliphatic carbocycles. The van der Waals surface area contributed by atoms with Crippen molar-refractivity contribution in [2.75, 3.05) is 26.7 Å². The first-order chi connectivity index (χ1) is 10.0. The minimum Gasteiger partial charge on any atom is -0.465 e. The van der Waals surface area contributed by atoms with Gasteiger partial charge in [-0.2, -0.15) is 0 Å².